The maximum atomic E-state index is 6.18. The Bertz CT molecular complexity index is 485. The van der Waals surface area contributed by atoms with Crippen LogP contribution in [-0.2, 0) is 23.7 Å². The van der Waals surface area contributed by atoms with Crippen LogP contribution in [0.15, 0.2) is 30.3 Å². The molecule has 2 fully saturated rings. The Hall–Kier alpha value is -0.630. The first-order valence-electron chi connectivity index (χ1n) is 7.93. The number of fused-ring (bicyclic) bond motifs is 1. The van der Waals surface area contributed by atoms with Crippen molar-refractivity contribution < 1.29 is 23.7 Å². The van der Waals surface area contributed by atoms with Gasteiger partial charge in [-0.2, -0.15) is 0 Å². The monoisotopic (exact) mass is 340 g/mol. The van der Waals surface area contributed by atoms with Crippen LogP contribution in [0.1, 0.15) is 18.8 Å². The quantitative estimate of drug-likeness (QED) is 0.821. The molecule has 0 bridgehead atoms. The molecule has 2 aliphatic heterocycles. The van der Waals surface area contributed by atoms with Gasteiger partial charge in [-0.25, -0.2) is 0 Å². The number of ether oxygens (including phenoxy) is 5. The molecule has 1 unspecified atom stereocenters. The molecule has 1 aromatic carbocycles. The Morgan fingerprint density at radius 2 is 1.83 bits per heavy atom. The third kappa shape index (κ3) is 3.57. The molecule has 0 amide bonds. The zero-order chi connectivity index (χ0) is 16.2. The summed E-state index contributed by atoms with van der Waals surface area (Å²) >= 11 is 1.72. The van der Waals surface area contributed by atoms with Crippen LogP contribution in [-0.4, -0.2) is 56.4 Å². The van der Waals surface area contributed by atoms with E-state index >= 15 is 0 Å². The molecular weight excluding hydrogens is 316 g/mol. The van der Waals surface area contributed by atoms with E-state index < -0.39 is 6.29 Å². The first kappa shape index (κ1) is 17.2. The average Bonchev–Trinajstić information content (AvgIpc) is 2.61. The van der Waals surface area contributed by atoms with Crippen molar-refractivity contribution in [3.8, 4) is 0 Å². The topological polar surface area (TPSA) is 46.2 Å². The van der Waals surface area contributed by atoms with Crippen LogP contribution < -0.4 is 0 Å². The predicted molar refractivity (Wildman–Crippen MR) is 88.4 cm³/mol. The van der Waals surface area contributed by atoms with Crippen LogP contribution in [0.25, 0.3) is 0 Å². The highest BCUT2D eigenvalue weighted by Crippen LogP contribution is 2.38. The number of benzene rings is 1. The van der Waals surface area contributed by atoms with Crippen molar-refractivity contribution in [3.05, 3.63) is 35.9 Å². The molecule has 1 aromatic rings. The second-order valence-electron chi connectivity index (χ2n) is 5.58. The van der Waals surface area contributed by atoms with E-state index in [1.807, 2.05) is 30.3 Å². The molecule has 3 rings (SSSR count). The highest BCUT2D eigenvalue weighted by Gasteiger charge is 2.50. The van der Waals surface area contributed by atoms with E-state index in [1.165, 1.54) is 0 Å². The summed E-state index contributed by atoms with van der Waals surface area (Å²) in [6, 6.07) is 9.93. The molecule has 6 heteroatoms. The van der Waals surface area contributed by atoms with Crippen molar-refractivity contribution in [2.24, 2.45) is 0 Å². The van der Waals surface area contributed by atoms with Gasteiger partial charge in [0.25, 0.3) is 0 Å². The Morgan fingerprint density at radius 3 is 2.48 bits per heavy atom. The molecule has 2 heterocycles. The van der Waals surface area contributed by atoms with E-state index in [9.17, 15) is 0 Å². The second kappa shape index (κ2) is 7.96. The molecule has 0 spiro atoms. The zero-order valence-electron chi connectivity index (χ0n) is 13.7. The van der Waals surface area contributed by atoms with Crippen molar-refractivity contribution >= 4 is 11.8 Å². The van der Waals surface area contributed by atoms with Gasteiger partial charge in [0.2, 0.25) is 0 Å². The fourth-order valence-electron chi connectivity index (χ4n) is 3.14. The molecule has 2 saturated heterocycles. The van der Waals surface area contributed by atoms with Gasteiger partial charge >= 0.3 is 0 Å². The number of hydrogen-bond acceptors (Lipinski definition) is 6. The predicted octanol–water partition coefficient (Wildman–Crippen LogP) is 2.61. The van der Waals surface area contributed by atoms with E-state index in [4.69, 9.17) is 23.7 Å². The maximum absolute atomic E-state index is 6.18. The van der Waals surface area contributed by atoms with Crippen molar-refractivity contribution in [2.75, 3.05) is 26.6 Å². The van der Waals surface area contributed by atoms with Crippen LogP contribution >= 0.6 is 11.8 Å². The van der Waals surface area contributed by atoms with Crippen molar-refractivity contribution in [1.82, 2.24) is 0 Å². The third-order valence-corrected chi connectivity index (χ3v) is 5.27. The van der Waals surface area contributed by atoms with E-state index in [1.54, 1.807) is 26.0 Å². The van der Waals surface area contributed by atoms with E-state index in [0.29, 0.717) is 6.61 Å². The van der Waals surface area contributed by atoms with Gasteiger partial charge in [-0.15, -0.1) is 11.8 Å². The molecule has 128 valence electrons. The van der Waals surface area contributed by atoms with Crippen LogP contribution in [0.4, 0.5) is 0 Å². The van der Waals surface area contributed by atoms with Crippen LogP contribution in [0, 0.1) is 0 Å². The molecule has 6 atom stereocenters. The number of hydrogen-bond donors (Lipinski definition) is 0. The lowest BCUT2D eigenvalue weighted by molar-refractivity contribution is -0.323. The molecule has 2 aliphatic rings. The summed E-state index contributed by atoms with van der Waals surface area (Å²) in [7, 11) is 3.39. The van der Waals surface area contributed by atoms with Gasteiger partial charge in [0.05, 0.1) is 6.61 Å². The summed E-state index contributed by atoms with van der Waals surface area (Å²) in [6.45, 7) is 2.59. The molecule has 0 radical (unpaired) electrons. The highest BCUT2D eigenvalue weighted by atomic mass is 32.2. The second-order valence-corrected chi connectivity index (χ2v) is 6.95. The molecule has 0 N–H and O–H groups in total. The van der Waals surface area contributed by atoms with Gasteiger partial charge in [0.15, 0.2) is 6.29 Å². The lowest BCUT2D eigenvalue weighted by Crippen LogP contribution is -2.62. The van der Waals surface area contributed by atoms with Gasteiger partial charge in [-0.1, -0.05) is 37.3 Å². The standard InChI is InChI=1S/C17H24O5S/c1-4-23-17-15(19-3)14(18-2)13-12(21-17)10-20-16(22-13)11-8-6-5-7-9-11/h5-9,12-17H,4,10H2,1-3H3/t12-,13-,14+,15-,16?,17+/m1/s1. The Morgan fingerprint density at radius 1 is 1.09 bits per heavy atom. The van der Waals surface area contributed by atoms with Crippen LogP contribution in [0.5, 0.6) is 0 Å². The lowest BCUT2D eigenvalue weighted by atomic mass is 9.98. The Kier molecular flexibility index (Phi) is 5.96. The summed E-state index contributed by atoms with van der Waals surface area (Å²) in [4.78, 5) is 0. The minimum absolute atomic E-state index is 0.0725. The average molecular weight is 340 g/mol. The first-order valence-corrected chi connectivity index (χ1v) is 8.98. The summed E-state index contributed by atoms with van der Waals surface area (Å²) in [5.74, 6) is 0.951. The van der Waals surface area contributed by atoms with Gasteiger partial charge in [-0.3, -0.25) is 0 Å². The SMILES string of the molecule is CCS[C@@H]1O[C@@H]2COC(c3ccccc3)O[C@H]2[C@H](OC)[C@H]1OC. The van der Waals surface area contributed by atoms with Crippen molar-refractivity contribution in [2.45, 2.75) is 43.1 Å². The summed E-state index contributed by atoms with van der Waals surface area (Å²) in [5.41, 5.74) is 0.927. The highest BCUT2D eigenvalue weighted by molar-refractivity contribution is 7.99. The third-order valence-electron chi connectivity index (χ3n) is 4.23. The number of rotatable bonds is 5. The fraction of sp³-hybridized carbons (Fsp3) is 0.647. The summed E-state index contributed by atoms with van der Waals surface area (Å²) in [6.07, 6.45) is -1.10. The minimum Gasteiger partial charge on any atom is -0.376 e. The largest absolute Gasteiger partial charge is 0.376 e. The minimum atomic E-state index is -0.397. The van der Waals surface area contributed by atoms with E-state index in [0.717, 1.165) is 11.3 Å². The number of methoxy groups -OCH3 is 2. The summed E-state index contributed by atoms with van der Waals surface area (Å²) in [5, 5.41) is 0. The van der Waals surface area contributed by atoms with Crippen molar-refractivity contribution in [3.63, 3.8) is 0 Å². The van der Waals surface area contributed by atoms with Gasteiger partial charge in [0, 0.05) is 19.8 Å². The normalized spacial score (nSPS) is 37.3. The molecule has 5 nitrogen and oxygen atoms in total. The molecular formula is C17H24O5S. The van der Waals surface area contributed by atoms with Gasteiger partial charge in [-0.05, 0) is 5.75 Å². The van der Waals surface area contributed by atoms with Crippen molar-refractivity contribution in [1.29, 1.82) is 0 Å². The molecule has 0 aliphatic carbocycles. The molecule has 0 saturated carbocycles. The molecule has 23 heavy (non-hydrogen) atoms. The smallest absolute Gasteiger partial charge is 0.184 e. The fourth-order valence-corrected chi connectivity index (χ4v) is 4.15. The zero-order valence-corrected chi connectivity index (χ0v) is 14.5. The van der Waals surface area contributed by atoms with Gasteiger partial charge in [0.1, 0.15) is 29.9 Å². The summed E-state index contributed by atoms with van der Waals surface area (Å²) < 4.78 is 29.6. The van der Waals surface area contributed by atoms with E-state index in [2.05, 4.69) is 6.92 Å². The first-order chi connectivity index (χ1) is 11.3. The molecule has 0 aromatic heterocycles. The Labute approximate surface area is 141 Å². The van der Waals surface area contributed by atoms with Crippen LogP contribution in [0.3, 0.4) is 0 Å². The van der Waals surface area contributed by atoms with Gasteiger partial charge < -0.3 is 23.7 Å². The Balaban J connectivity index is 1.77. The lowest BCUT2D eigenvalue weighted by Gasteiger charge is -2.48. The number of thioether (sulfide) groups is 1. The van der Waals surface area contributed by atoms with Crippen LogP contribution in [0.2, 0.25) is 0 Å². The maximum Gasteiger partial charge on any atom is 0.184 e. The van der Waals surface area contributed by atoms with E-state index in [-0.39, 0.29) is 29.9 Å².